The first-order chi connectivity index (χ1) is 4.18. The molecule has 0 saturated carbocycles. The minimum atomic E-state index is 0. The molecule has 1 rings (SSSR count). The van der Waals surface area contributed by atoms with E-state index in [4.69, 9.17) is 5.73 Å². The third-order valence-electron chi connectivity index (χ3n) is 1.24. The van der Waals surface area contributed by atoms with E-state index in [1.54, 1.807) is 0 Å². The Kier molecular flexibility index (Phi) is 6.34. The van der Waals surface area contributed by atoms with Crippen LogP contribution in [0.15, 0.2) is 18.2 Å². The van der Waals surface area contributed by atoms with E-state index in [2.05, 4.69) is 6.07 Å². The molecular weight excluding hydrogens is 181 g/mol. The normalized spacial score (nSPS) is 7.82. The summed E-state index contributed by atoms with van der Waals surface area (Å²) in [5.74, 6) is 0. The van der Waals surface area contributed by atoms with Crippen molar-refractivity contribution in [2.75, 3.05) is 5.73 Å². The van der Waals surface area contributed by atoms with Crippen LogP contribution >= 0.6 is 24.8 Å². The SMILES string of the molecule is Cc1cc(C)cc(N)c1.Cl.Cl. The Morgan fingerprint density at radius 3 is 1.55 bits per heavy atom. The monoisotopic (exact) mass is 193 g/mol. The average molecular weight is 194 g/mol. The summed E-state index contributed by atoms with van der Waals surface area (Å²) >= 11 is 0. The van der Waals surface area contributed by atoms with Crippen LogP contribution in [0.25, 0.3) is 0 Å². The highest BCUT2D eigenvalue weighted by Gasteiger charge is 1.87. The summed E-state index contributed by atoms with van der Waals surface area (Å²) in [4.78, 5) is 0. The van der Waals surface area contributed by atoms with Crippen LogP contribution in [-0.2, 0) is 0 Å². The van der Waals surface area contributed by atoms with Gasteiger partial charge >= 0.3 is 0 Å². The summed E-state index contributed by atoms with van der Waals surface area (Å²) in [7, 11) is 0. The Morgan fingerprint density at radius 1 is 0.909 bits per heavy atom. The maximum absolute atomic E-state index is 5.56. The summed E-state index contributed by atoms with van der Waals surface area (Å²) in [5.41, 5.74) is 8.87. The lowest BCUT2D eigenvalue weighted by atomic mass is 10.1. The van der Waals surface area contributed by atoms with Gasteiger partial charge < -0.3 is 5.73 Å². The van der Waals surface area contributed by atoms with E-state index in [9.17, 15) is 0 Å². The lowest BCUT2D eigenvalue weighted by molar-refractivity contribution is 1.39. The quantitative estimate of drug-likeness (QED) is 0.631. The van der Waals surface area contributed by atoms with Gasteiger partial charge in [0, 0.05) is 5.69 Å². The third kappa shape index (κ3) is 4.12. The fraction of sp³-hybridized carbons (Fsp3) is 0.250. The molecule has 0 heterocycles. The Morgan fingerprint density at radius 2 is 1.27 bits per heavy atom. The van der Waals surface area contributed by atoms with Gasteiger partial charge in [-0.2, -0.15) is 0 Å². The van der Waals surface area contributed by atoms with Crippen molar-refractivity contribution in [3.63, 3.8) is 0 Å². The molecule has 0 aromatic heterocycles. The molecule has 11 heavy (non-hydrogen) atoms. The Hall–Kier alpha value is -0.400. The minimum absolute atomic E-state index is 0. The number of benzene rings is 1. The zero-order valence-electron chi connectivity index (χ0n) is 6.63. The zero-order chi connectivity index (χ0) is 6.85. The third-order valence-corrected chi connectivity index (χ3v) is 1.24. The first-order valence-electron chi connectivity index (χ1n) is 3.02. The van der Waals surface area contributed by atoms with Gasteiger partial charge in [0.25, 0.3) is 0 Å². The van der Waals surface area contributed by atoms with E-state index in [1.165, 1.54) is 11.1 Å². The first kappa shape index (κ1) is 13.2. The van der Waals surface area contributed by atoms with Crippen molar-refractivity contribution < 1.29 is 0 Å². The van der Waals surface area contributed by atoms with Crippen molar-refractivity contribution in [1.29, 1.82) is 0 Å². The number of hydrogen-bond donors (Lipinski definition) is 1. The van der Waals surface area contributed by atoms with Crippen molar-refractivity contribution in [3.05, 3.63) is 29.3 Å². The van der Waals surface area contributed by atoms with Crippen molar-refractivity contribution in [2.45, 2.75) is 13.8 Å². The number of nitrogen functional groups attached to an aromatic ring is 1. The molecule has 0 amide bonds. The molecule has 0 aliphatic heterocycles. The second-order valence-electron chi connectivity index (χ2n) is 2.42. The second kappa shape index (κ2) is 5.28. The van der Waals surface area contributed by atoms with Gasteiger partial charge in [-0.15, -0.1) is 24.8 Å². The molecule has 0 aliphatic rings. The molecule has 64 valence electrons. The fourth-order valence-corrected chi connectivity index (χ4v) is 1.01. The van der Waals surface area contributed by atoms with Crippen LogP contribution in [0.2, 0.25) is 0 Å². The van der Waals surface area contributed by atoms with E-state index in [0.717, 1.165) is 5.69 Å². The molecular formula is C8H13Cl2N. The summed E-state index contributed by atoms with van der Waals surface area (Å²) in [5, 5.41) is 0. The number of halogens is 2. The van der Waals surface area contributed by atoms with Gasteiger partial charge in [-0.1, -0.05) is 6.07 Å². The van der Waals surface area contributed by atoms with Crippen molar-refractivity contribution in [2.24, 2.45) is 0 Å². The number of nitrogens with two attached hydrogens (primary N) is 1. The highest BCUT2D eigenvalue weighted by molar-refractivity contribution is 5.85. The van der Waals surface area contributed by atoms with Crippen molar-refractivity contribution in [3.8, 4) is 0 Å². The lowest BCUT2D eigenvalue weighted by Gasteiger charge is -1.97. The zero-order valence-corrected chi connectivity index (χ0v) is 8.26. The van der Waals surface area contributed by atoms with Crippen LogP contribution in [0.1, 0.15) is 11.1 Å². The van der Waals surface area contributed by atoms with Crippen LogP contribution in [0.5, 0.6) is 0 Å². The van der Waals surface area contributed by atoms with E-state index < -0.39 is 0 Å². The van der Waals surface area contributed by atoms with E-state index >= 15 is 0 Å². The van der Waals surface area contributed by atoms with Crippen LogP contribution in [0.4, 0.5) is 5.69 Å². The predicted molar refractivity (Wildman–Crippen MR) is 54.8 cm³/mol. The molecule has 3 heteroatoms. The Bertz CT molecular complexity index is 173. The second-order valence-corrected chi connectivity index (χ2v) is 2.42. The molecule has 0 spiro atoms. The summed E-state index contributed by atoms with van der Waals surface area (Å²) < 4.78 is 0. The first-order valence-corrected chi connectivity index (χ1v) is 3.02. The smallest absolute Gasteiger partial charge is 0.0319 e. The summed E-state index contributed by atoms with van der Waals surface area (Å²) in [6.07, 6.45) is 0. The maximum Gasteiger partial charge on any atom is 0.0319 e. The van der Waals surface area contributed by atoms with Gasteiger partial charge in [0.15, 0.2) is 0 Å². The van der Waals surface area contributed by atoms with Crippen LogP contribution in [0.3, 0.4) is 0 Å². The molecule has 2 N–H and O–H groups in total. The Balaban J connectivity index is 0. The highest BCUT2D eigenvalue weighted by atomic mass is 35.5. The molecule has 1 aromatic carbocycles. The van der Waals surface area contributed by atoms with Gasteiger partial charge in [0.1, 0.15) is 0 Å². The molecule has 0 aliphatic carbocycles. The summed E-state index contributed by atoms with van der Waals surface area (Å²) in [6.45, 7) is 4.09. The topological polar surface area (TPSA) is 26.0 Å². The van der Waals surface area contributed by atoms with Crippen LogP contribution in [-0.4, -0.2) is 0 Å². The maximum atomic E-state index is 5.56. The Labute approximate surface area is 79.8 Å². The largest absolute Gasteiger partial charge is 0.399 e. The molecule has 0 fully saturated rings. The van der Waals surface area contributed by atoms with Crippen molar-refractivity contribution >= 4 is 30.5 Å². The van der Waals surface area contributed by atoms with Crippen LogP contribution in [0, 0.1) is 13.8 Å². The lowest BCUT2D eigenvalue weighted by Crippen LogP contribution is -1.86. The van der Waals surface area contributed by atoms with Gasteiger partial charge in [0.2, 0.25) is 0 Å². The fourth-order valence-electron chi connectivity index (χ4n) is 1.01. The number of aryl methyl sites for hydroxylation is 2. The summed E-state index contributed by atoms with van der Waals surface area (Å²) in [6, 6.07) is 6.04. The molecule has 0 atom stereocenters. The van der Waals surface area contributed by atoms with Gasteiger partial charge in [-0.3, -0.25) is 0 Å². The molecule has 1 aromatic rings. The van der Waals surface area contributed by atoms with Gasteiger partial charge in [-0.25, -0.2) is 0 Å². The van der Waals surface area contributed by atoms with E-state index in [0.29, 0.717) is 0 Å². The van der Waals surface area contributed by atoms with Gasteiger partial charge in [-0.05, 0) is 37.1 Å². The van der Waals surface area contributed by atoms with Crippen LogP contribution < -0.4 is 5.73 Å². The van der Waals surface area contributed by atoms with E-state index in [-0.39, 0.29) is 24.8 Å². The number of anilines is 1. The molecule has 0 saturated heterocycles. The number of hydrogen-bond acceptors (Lipinski definition) is 1. The van der Waals surface area contributed by atoms with Gasteiger partial charge in [0.05, 0.1) is 0 Å². The molecule has 0 bridgehead atoms. The predicted octanol–water partition coefficient (Wildman–Crippen LogP) is 2.73. The van der Waals surface area contributed by atoms with E-state index in [1.807, 2.05) is 26.0 Å². The molecule has 0 radical (unpaired) electrons. The van der Waals surface area contributed by atoms with Crippen molar-refractivity contribution in [1.82, 2.24) is 0 Å². The average Bonchev–Trinajstić information content (AvgIpc) is 1.59. The minimum Gasteiger partial charge on any atom is -0.399 e. The standard InChI is InChI=1S/C8H11N.2ClH/c1-6-3-7(2)5-8(9)4-6;;/h3-5H,9H2,1-2H3;2*1H. The molecule has 1 nitrogen and oxygen atoms in total. The number of rotatable bonds is 0. The highest BCUT2D eigenvalue weighted by Crippen LogP contribution is 2.08. The molecule has 0 unspecified atom stereocenters.